The van der Waals surface area contributed by atoms with Crippen molar-refractivity contribution in [3.05, 3.63) is 78.7 Å². The van der Waals surface area contributed by atoms with E-state index in [1.807, 2.05) is 12.1 Å². The normalized spacial score (nSPS) is 12.0. The minimum absolute atomic E-state index is 0.124. The van der Waals surface area contributed by atoms with E-state index in [-0.39, 0.29) is 5.97 Å². The molecule has 0 aliphatic rings. The van der Waals surface area contributed by atoms with E-state index in [0.717, 1.165) is 50.5 Å². The lowest BCUT2D eigenvalue weighted by molar-refractivity contribution is -0.145. The predicted molar refractivity (Wildman–Crippen MR) is 132 cm³/mol. The van der Waals surface area contributed by atoms with Gasteiger partial charge in [0, 0.05) is 24.4 Å². The minimum atomic E-state index is -0.124. The van der Waals surface area contributed by atoms with Crippen molar-refractivity contribution in [2.75, 3.05) is 0 Å². The summed E-state index contributed by atoms with van der Waals surface area (Å²) in [6.07, 6.45) is 34.2. The van der Waals surface area contributed by atoms with Crippen molar-refractivity contribution in [2.45, 2.75) is 90.6 Å². The molecule has 0 saturated heterocycles. The molecule has 0 aromatic carbocycles. The number of aromatic nitrogens is 1. The first-order chi connectivity index (χ1) is 15.3. The molecule has 0 spiro atoms. The maximum absolute atomic E-state index is 11.7. The molecule has 1 rings (SSSR count). The quantitative estimate of drug-likeness (QED) is 0.136. The third-order valence-electron chi connectivity index (χ3n) is 4.83. The average molecular weight is 424 g/mol. The molecule has 1 aromatic rings. The van der Waals surface area contributed by atoms with Crippen LogP contribution in [-0.4, -0.2) is 11.0 Å². The molecule has 0 radical (unpaired) electrons. The van der Waals surface area contributed by atoms with Crippen LogP contribution in [0.1, 0.15) is 89.5 Å². The van der Waals surface area contributed by atoms with Crippen LogP contribution in [0.5, 0.6) is 0 Å². The molecule has 0 unspecified atom stereocenters. The molecular weight excluding hydrogens is 382 g/mol. The molecule has 1 heterocycles. The molecule has 0 aliphatic heterocycles. The zero-order chi connectivity index (χ0) is 22.2. The van der Waals surface area contributed by atoms with Gasteiger partial charge in [-0.2, -0.15) is 0 Å². The predicted octanol–water partition coefficient (Wildman–Crippen LogP) is 8.05. The van der Waals surface area contributed by atoms with Crippen LogP contribution in [0.4, 0.5) is 0 Å². The second-order valence-electron chi connectivity index (χ2n) is 7.71. The Morgan fingerprint density at radius 1 is 0.839 bits per heavy atom. The van der Waals surface area contributed by atoms with Crippen molar-refractivity contribution in [1.82, 2.24) is 4.98 Å². The van der Waals surface area contributed by atoms with Crippen molar-refractivity contribution in [2.24, 2.45) is 0 Å². The molecule has 31 heavy (non-hydrogen) atoms. The van der Waals surface area contributed by atoms with Crippen molar-refractivity contribution < 1.29 is 9.53 Å². The van der Waals surface area contributed by atoms with Crippen LogP contribution in [0, 0.1) is 0 Å². The van der Waals surface area contributed by atoms with Crippen LogP contribution in [-0.2, 0) is 16.1 Å². The highest BCUT2D eigenvalue weighted by molar-refractivity contribution is 5.69. The number of allylic oxidation sites excluding steroid dienone is 8. The number of hydrogen-bond donors (Lipinski definition) is 0. The Morgan fingerprint density at radius 2 is 1.45 bits per heavy atom. The van der Waals surface area contributed by atoms with E-state index in [9.17, 15) is 4.79 Å². The highest BCUT2D eigenvalue weighted by Crippen LogP contribution is 2.07. The Bertz CT molecular complexity index is 659. The van der Waals surface area contributed by atoms with Gasteiger partial charge in [-0.1, -0.05) is 80.9 Å². The van der Waals surface area contributed by atoms with E-state index in [0.29, 0.717) is 13.0 Å². The zero-order valence-corrected chi connectivity index (χ0v) is 19.4. The number of ether oxygens (including phenoxy) is 1. The van der Waals surface area contributed by atoms with Gasteiger partial charge in [0.1, 0.15) is 6.61 Å². The zero-order valence-electron chi connectivity index (χ0n) is 19.4. The molecule has 0 saturated carbocycles. The number of rotatable bonds is 18. The number of hydrogen-bond acceptors (Lipinski definition) is 3. The van der Waals surface area contributed by atoms with Gasteiger partial charge in [-0.25, -0.2) is 0 Å². The highest BCUT2D eigenvalue weighted by Gasteiger charge is 2.02. The fraction of sp³-hybridized carbons (Fsp3) is 0.500. The van der Waals surface area contributed by atoms with Gasteiger partial charge in [-0.15, -0.1) is 0 Å². The van der Waals surface area contributed by atoms with Gasteiger partial charge in [0.2, 0.25) is 0 Å². The topological polar surface area (TPSA) is 39.2 Å². The fourth-order valence-electron chi connectivity index (χ4n) is 2.99. The summed E-state index contributed by atoms with van der Waals surface area (Å²) < 4.78 is 5.26. The van der Waals surface area contributed by atoms with Gasteiger partial charge < -0.3 is 4.74 Å². The first-order valence-electron chi connectivity index (χ1n) is 12.0. The van der Waals surface area contributed by atoms with Gasteiger partial charge in [0.15, 0.2) is 0 Å². The molecule has 0 atom stereocenters. The number of nitrogens with zero attached hydrogens (tertiary/aromatic N) is 1. The Balaban J connectivity index is 1.89. The summed E-state index contributed by atoms with van der Waals surface area (Å²) >= 11 is 0. The summed E-state index contributed by atoms with van der Waals surface area (Å²) in [7, 11) is 0. The fourth-order valence-corrected chi connectivity index (χ4v) is 2.99. The molecule has 0 amide bonds. The summed E-state index contributed by atoms with van der Waals surface area (Å²) in [6.45, 7) is 2.56. The summed E-state index contributed by atoms with van der Waals surface area (Å²) in [6, 6.07) is 3.76. The van der Waals surface area contributed by atoms with E-state index in [2.05, 4.69) is 60.5 Å². The Kier molecular flexibility index (Phi) is 17.9. The largest absolute Gasteiger partial charge is 0.461 e. The standard InChI is InChI=1S/C28H41NO2/c1-2-3-4-5-6-7-8-9-10-11-12-13-14-15-16-17-18-19-20-23-28(30)31-26-27-22-21-24-29-25-27/h6-7,9-10,12-13,15-16,21-22,24-25H,2-5,8,11,14,17-20,23,26H2,1H3/b7-6-,10-9-,13-12-,16-15-. The molecular formula is C28H41NO2. The van der Waals surface area contributed by atoms with Gasteiger partial charge in [-0.05, 0) is 57.4 Å². The summed E-state index contributed by atoms with van der Waals surface area (Å²) in [5.74, 6) is -0.124. The van der Waals surface area contributed by atoms with Crippen molar-refractivity contribution in [3.63, 3.8) is 0 Å². The second-order valence-corrected chi connectivity index (χ2v) is 7.71. The highest BCUT2D eigenvalue weighted by atomic mass is 16.5. The molecule has 0 fully saturated rings. The summed E-state index contributed by atoms with van der Waals surface area (Å²) in [4.78, 5) is 15.7. The summed E-state index contributed by atoms with van der Waals surface area (Å²) in [5, 5.41) is 0. The third-order valence-corrected chi connectivity index (χ3v) is 4.83. The maximum atomic E-state index is 11.7. The smallest absolute Gasteiger partial charge is 0.306 e. The van der Waals surface area contributed by atoms with Gasteiger partial charge in [0.25, 0.3) is 0 Å². The first-order valence-corrected chi connectivity index (χ1v) is 12.0. The van der Waals surface area contributed by atoms with Gasteiger partial charge in [0.05, 0.1) is 0 Å². The number of esters is 1. The van der Waals surface area contributed by atoms with E-state index in [1.165, 1.54) is 25.7 Å². The molecule has 1 aromatic heterocycles. The van der Waals surface area contributed by atoms with E-state index in [4.69, 9.17) is 4.74 Å². The third kappa shape index (κ3) is 18.1. The Morgan fingerprint density at radius 3 is 2.03 bits per heavy atom. The van der Waals surface area contributed by atoms with Gasteiger partial charge >= 0.3 is 5.97 Å². The molecule has 170 valence electrons. The van der Waals surface area contributed by atoms with Crippen molar-refractivity contribution in [1.29, 1.82) is 0 Å². The number of unbranched alkanes of at least 4 members (excludes halogenated alkanes) is 6. The molecule has 0 N–H and O–H groups in total. The van der Waals surface area contributed by atoms with Gasteiger partial charge in [-0.3, -0.25) is 9.78 Å². The molecule has 0 bridgehead atoms. The van der Waals surface area contributed by atoms with Crippen LogP contribution in [0.15, 0.2) is 73.1 Å². The SMILES string of the molecule is CCCCC/C=C\C/C=C\C/C=C\C/C=C\CCCCCC(=O)OCc1cccnc1. The lowest BCUT2D eigenvalue weighted by atomic mass is 10.1. The van der Waals surface area contributed by atoms with Crippen LogP contribution in [0.3, 0.4) is 0 Å². The lowest BCUT2D eigenvalue weighted by Crippen LogP contribution is -2.04. The second kappa shape index (κ2) is 20.8. The Labute approximate surface area is 190 Å². The average Bonchev–Trinajstić information content (AvgIpc) is 2.80. The van der Waals surface area contributed by atoms with Crippen LogP contribution in [0.2, 0.25) is 0 Å². The van der Waals surface area contributed by atoms with Crippen molar-refractivity contribution in [3.8, 4) is 0 Å². The van der Waals surface area contributed by atoms with Crippen LogP contribution in [0.25, 0.3) is 0 Å². The van der Waals surface area contributed by atoms with Crippen LogP contribution >= 0.6 is 0 Å². The number of carbonyl (C=O) groups is 1. The van der Waals surface area contributed by atoms with E-state index < -0.39 is 0 Å². The molecule has 0 aliphatic carbocycles. The first kappa shape index (κ1) is 26.6. The molecule has 3 nitrogen and oxygen atoms in total. The van der Waals surface area contributed by atoms with Crippen molar-refractivity contribution >= 4 is 5.97 Å². The van der Waals surface area contributed by atoms with E-state index in [1.54, 1.807) is 12.4 Å². The van der Waals surface area contributed by atoms with E-state index >= 15 is 0 Å². The number of pyridine rings is 1. The monoisotopic (exact) mass is 423 g/mol. The Hall–Kier alpha value is -2.42. The lowest BCUT2D eigenvalue weighted by Gasteiger charge is -2.04. The summed E-state index contributed by atoms with van der Waals surface area (Å²) in [5.41, 5.74) is 0.927. The minimum Gasteiger partial charge on any atom is -0.461 e. The molecule has 3 heteroatoms. The maximum Gasteiger partial charge on any atom is 0.306 e. The number of carbonyl (C=O) groups excluding carboxylic acids is 1. The van der Waals surface area contributed by atoms with Crippen LogP contribution < -0.4 is 0 Å².